The molecule has 0 aliphatic carbocycles. The summed E-state index contributed by atoms with van der Waals surface area (Å²) in [4.78, 5) is 24.4. The lowest BCUT2D eigenvalue weighted by molar-refractivity contribution is -0.146. The third kappa shape index (κ3) is 2.42. The van der Waals surface area contributed by atoms with E-state index in [0.717, 1.165) is 0 Å². The molecule has 15 heavy (non-hydrogen) atoms. The smallest absolute Gasteiger partial charge is 0.340 e. The van der Waals surface area contributed by atoms with Crippen molar-refractivity contribution in [3.63, 3.8) is 0 Å². The lowest BCUT2D eigenvalue weighted by Gasteiger charge is -2.07. The van der Waals surface area contributed by atoms with Crippen LogP contribution in [-0.2, 0) is 20.8 Å². The average Bonchev–Trinajstić information content (AvgIpc) is 2.84. The summed E-state index contributed by atoms with van der Waals surface area (Å²) in [5.41, 5.74) is -0.410. The van der Waals surface area contributed by atoms with E-state index in [-0.39, 0.29) is 12.5 Å². The number of aromatic amines is 2. The number of ether oxygens (including phenoxy) is 2. The molecule has 2 rings (SSSR count). The molecule has 82 valence electrons. The predicted octanol–water partition coefficient (Wildman–Crippen LogP) is -1.91. The van der Waals surface area contributed by atoms with E-state index in [0.29, 0.717) is 19.0 Å². The molecule has 8 nitrogen and oxygen atoms in total. The number of rotatable bonds is 3. The first-order valence-corrected chi connectivity index (χ1v) is 4.40. The molecule has 0 spiro atoms. The number of amides is 1. The maximum atomic E-state index is 11.3. The highest BCUT2D eigenvalue weighted by Gasteiger charge is 2.24. The van der Waals surface area contributed by atoms with Crippen LogP contribution >= 0.6 is 0 Å². The zero-order valence-electron chi connectivity index (χ0n) is 7.78. The number of aromatic nitrogens is 3. The van der Waals surface area contributed by atoms with Crippen molar-refractivity contribution in [2.75, 3.05) is 13.2 Å². The van der Waals surface area contributed by atoms with Crippen LogP contribution in [0.25, 0.3) is 0 Å². The summed E-state index contributed by atoms with van der Waals surface area (Å²) in [5, 5.41) is 8.32. The molecule has 3 N–H and O–H groups in total. The molecule has 0 bridgehead atoms. The van der Waals surface area contributed by atoms with Crippen molar-refractivity contribution in [3.05, 3.63) is 16.3 Å². The van der Waals surface area contributed by atoms with E-state index >= 15 is 0 Å². The van der Waals surface area contributed by atoms with E-state index < -0.39 is 12.0 Å². The molecule has 2 heterocycles. The van der Waals surface area contributed by atoms with Gasteiger partial charge in [-0.3, -0.25) is 9.78 Å². The molecule has 0 unspecified atom stereocenters. The third-order valence-electron chi connectivity index (χ3n) is 1.82. The minimum Gasteiger partial charge on any atom is -0.344 e. The summed E-state index contributed by atoms with van der Waals surface area (Å²) in [7, 11) is 0. The largest absolute Gasteiger partial charge is 0.344 e. The van der Waals surface area contributed by atoms with Gasteiger partial charge in [-0.2, -0.15) is 5.10 Å². The fraction of sp³-hybridized carbons (Fsp3) is 0.571. The molecule has 1 aliphatic heterocycles. The van der Waals surface area contributed by atoms with Crippen molar-refractivity contribution in [1.82, 2.24) is 20.5 Å². The number of H-pyrrole nitrogens is 2. The molecule has 1 aromatic rings. The standard InChI is InChI=1S/C7H10N4O4/c12-5(6-14-1-2-15-6)8-3-4-9-7(13)11-10-4/h6H,1-3H2,(H,8,12)(H2,9,10,11,13). The second-order valence-corrected chi connectivity index (χ2v) is 2.92. The quantitative estimate of drug-likeness (QED) is 0.543. The first kappa shape index (κ1) is 9.87. The van der Waals surface area contributed by atoms with Crippen LogP contribution in [0.5, 0.6) is 0 Å². The van der Waals surface area contributed by atoms with Crippen LogP contribution in [0, 0.1) is 0 Å². The zero-order chi connectivity index (χ0) is 10.7. The normalized spacial score (nSPS) is 16.8. The molecular weight excluding hydrogens is 204 g/mol. The summed E-state index contributed by atoms with van der Waals surface area (Å²) in [6.45, 7) is 0.954. The van der Waals surface area contributed by atoms with Crippen molar-refractivity contribution in [2.45, 2.75) is 12.8 Å². The van der Waals surface area contributed by atoms with Gasteiger partial charge in [-0.05, 0) is 0 Å². The van der Waals surface area contributed by atoms with Gasteiger partial charge in [-0.25, -0.2) is 9.89 Å². The molecule has 1 fully saturated rings. The van der Waals surface area contributed by atoms with Crippen LogP contribution in [0.15, 0.2) is 4.79 Å². The lowest BCUT2D eigenvalue weighted by atomic mass is 10.5. The Hall–Kier alpha value is -1.67. The Morgan fingerprint density at radius 1 is 1.53 bits per heavy atom. The van der Waals surface area contributed by atoms with E-state index in [1.54, 1.807) is 0 Å². The van der Waals surface area contributed by atoms with E-state index in [9.17, 15) is 9.59 Å². The van der Waals surface area contributed by atoms with Gasteiger partial charge in [-0.15, -0.1) is 0 Å². The van der Waals surface area contributed by atoms with Crippen molar-refractivity contribution < 1.29 is 14.3 Å². The SMILES string of the molecule is O=C(NCc1n[nH]c(=O)[nH]1)C1OCCO1. The third-order valence-corrected chi connectivity index (χ3v) is 1.82. The van der Waals surface area contributed by atoms with Crippen molar-refractivity contribution in [1.29, 1.82) is 0 Å². The Bertz CT molecular complexity index is 392. The monoisotopic (exact) mass is 214 g/mol. The first-order chi connectivity index (χ1) is 7.25. The number of nitrogens with zero attached hydrogens (tertiary/aromatic N) is 1. The van der Waals surface area contributed by atoms with Crippen LogP contribution in [0.3, 0.4) is 0 Å². The number of hydrogen-bond acceptors (Lipinski definition) is 5. The number of nitrogens with one attached hydrogen (secondary N) is 3. The number of carbonyl (C=O) groups excluding carboxylic acids is 1. The summed E-state index contributed by atoms with van der Waals surface area (Å²) >= 11 is 0. The van der Waals surface area contributed by atoms with Crippen molar-refractivity contribution >= 4 is 5.91 Å². The first-order valence-electron chi connectivity index (χ1n) is 4.40. The van der Waals surface area contributed by atoms with E-state index in [4.69, 9.17) is 9.47 Å². The van der Waals surface area contributed by atoms with Gasteiger partial charge in [0, 0.05) is 0 Å². The van der Waals surface area contributed by atoms with Gasteiger partial charge in [0.1, 0.15) is 5.82 Å². The summed E-state index contributed by atoms with van der Waals surface area (Å²) in [6, 6.07) is 0. The fourth-order valence-corrected chi connectivity index (χ4v) is 1.15. The van der Waals surface area contributed by atoms with Crippen LogP contribution in [0.1, 0.15) is 5.82 Å². The second kappa shape index (κ2) is 4.24. The molecule has 8 heteroatoms. The molecule has 0 radical (unpaired) electrons. The molecule has 1 saturated heterocycles. The van der Waals surface area contributed by atoms with Gasteiger partial charge in [0.05, 0.1) is 19.8 Å². The molecule has 0 atom stereocenters. The molecule has 0 aromatic carbocycles. The number of carbonyl (C=O) groups is 1. The topological polar surface area (TPSA) is 109 Å². The Kier molecular flexibility index (Phi) is 2.79. The van der Waals surface area contributed by atoms with Crippen LogP contribution < -0.4 is 11.0 Å². The van der Waals surface area contributed by atoms with Crippen LogP contribution in [0.4, 0.5) is 0 Å². The van der Waals surface area contributed by atoms with Gasteiger partial charge < -0.3 is 14.8 Å². The van der Waals surface area contributed by atoms with E-state index in [1.165, 1.54) is 0 Å². The van der Waals surface area contributed by atoms with Gasteiger partial charge >= 0.3 is 5.69 Å². The Labute approximate surface area is 84.0 Å². The minimum atomic E-state index is -0.851. The maximum absolute atomic E-state index is 11.3. The lowest BCUT2D eigenvalue weighted by Crippen LogP contribution is -2.35. The van der Waals surface area contributed by atoms with E-state index in [2.05, 4.69) is 20.5 Å². The minimum absolute atomic E-state index is 0.126. The highest BCUT2D eigenvalue weighted by atomic mass is 16.7. The zero-order valence-corrected chi connectivity index (χ0v) is 7.78. The predicted molar refractivity (Wildman–Crippen MR) is 46.7 cm³/mol. The van der Waals surface area contributed by atoms with Gasteiger partial charge in [0.15, 0.2) is 0 Å². The Morgan fingerprint density at radius 3 is 2.87 bits per heavy atom. The Morgan fingerprint density at radius 2 is 2.27 bits per heavy atom. The van der Waals surface area contributed by atoms with Gasteiger partial charge in [0.2, 0.25) is 6.29 Å². The highest BCUT2D eigenvalue weighted by Crippen LogP contribution is 2.02. The van der Waals surface area contributed by atoms with Gasteiger partial charge in [0.25, 0.3) is 5.91 Å². The summed E-state index contributed by atoms with van der Waals surface area (Å²) < 4.78 is 9.95. The highest BCUT2D eigenvalue weighted by molar-refractivity contribution is 5.79. The number of hydrogen-bond donors (Lipinski definition) is 3. The maximum Gasteiger partial charge on any atom is 0.340 e. The van der Waals surface area contributed by atoms with Crippen LogP contribution in [-0.4, -0.2) is 40.6 Å². The average molecular weight is 214 g/mol. The Balaban J connectivity index is 1.82. The molecule has 1 aliphatic rings. The summed E-state index contributed by atoms with van der Waals surface area (Å²) in [5.74, 6) is -0.0253. The second-order valence-electron chi connectivity index (χ2n) is 2.92. The van der Waals surface area contributed by atoms with E-state index in [1.807, 2.05) is 0 Å². The molecule has 0 saturated carbocycles. The van der Waals surface area contributed by atoms with Crippen molar-refractivity contribution in [2.24, 2.45) is 0 Å². The summed E-state index contributed by atoms with van der Waals surface area (Å²) in [6.07, 6.45) is -0.851. The van der Waals surface area contributed by atoms with Crippen LogP contribution in [0.2, 0.25) is 0 Å². The molecule has 1 aromatic heterocycles. The van der Waals surface area contributed by atoms with Gasteiger partial charge in [-0.1, -0.05) is 0 Å². The molecule has 1 amide bonds. The molecular formula is C7H10N4O4. The van der Waals surface area contributed by atoms with Crippen molar-refractivity contribution in [3.8, 4) is 0 Å². The fourth-order valence-electron chi connectivity index (χ4n) is 1.15.